The highest BCUT2D eigenvalue weighted by atomic mass is 79.9. The van der Waals surface area contributed by atoms with Crippen molar-refractivity contribution in [3.63, 3.8) is 0 Å². The molecule has 0 nitrogen and oxygen atoms in total. The van der Waals surface area contributed by atoms with E-state index in [1.807, 2.05) is 0 Å². The summed E-state index contributed by atoms with van der Waals surface area (Å²) in [5.41, 5.74) is 0. The number of hydrogen-bond donors (Lipinski definition) is 0. The van der Waals surface area contributed by atoms with Crippen LogP contribution in [0.1, 0.15) is 52.4 Å². The lowest BCUT2D eigenvalue weighted by Gasteiger charge is -2.06. The van der Waals surface area contributed by atoms with E-state index in [9.17, 15) is 0 Å². The highest BCUT2D eigenvalue weighted by Crippen LogP contribution is 2.15. The van der Waals surface area contributed by atoms with Gasteiger partial charge in [0, 0.05) is 4.83 Å². The minimum Gasteiger partial charge on any atom is -0.0891 e. The van der Waals surface area contributed by atoms with Crippen LogP contribution >= 0.6 is 15.9 Å². The van der Waals surface area contributed by atoms with Crippen LogP contribution in [0.5, 0.6) is 0 Å². The van der Waals surface area contributed by atoms with Gasteiger partial charge >= 0.3 is 0 Å². The molecule has 0 N–H and O–H groups in total. The maximum Gasteiger partial charge on any atom is 0.0145 e. The van der Waals surface area contributed by atoms with Crippen molar-refractivity contribution in [2.45, 2.75) is 57.2 Å². The molecule has 0 rings (SSSR count). The Morgan fingerprint density at radius 1 is 1.00 bits per heavy atom. The van der Waals surface area contributed by atoms with Crippen LogP contribution in [0, 0.1) is 0 Å². The molecular formula is C9H19Br. The Morgan fingerprint density at radius 2 is 1.40 bits per heavy atom. The van der Waals surface area contributed by atoms with Gasteiger partial charge in [-0.25, -0.2) is 0 Å². The van der Waals surface area contributed by atoms with Gasteiger partial charge in [0.1, 0.15) is 0 Å². The van der Waals surface area contributed by atoms with E-state index in [1.54, 1.807) is 0 Å². The summed E-state index contributed by atoms with van der Waals surface area (Å²) in [7, 11) is 0. The van der Waals surface area contributed by atoms with Crippen LogP contribution in [0.4, 0.5) is 0 Å². The van der Waals surface area contributed by atoms with Crippen molar-refractivity contribution in [3.05, 3.63) is 0 Å². The zero-order chi connectivity index (χ0) is 7.82. The Kier molecular flexibility index (Phi) is 7.95. The monoisotopic (exact) mass is 206 g/mol. The quantitative estimate of drug-likeness (QED) is 0.574. The van der Waals surface area contributed by atoms with E-state index in [1.165, 1.54) is 38.5 Å². The molecule has 0 amide bonds. The first-order valence-corrected chi connectivity index (χ1v) is 5.36. The second-order valence-corrected chi connectivity index (χ2v) is 4.18. The van der Waals surface area contributed by atoms with Gasteiger partial charge in [-0.3, -0.25) is 0 Å². The lowest BCUT2D eigenvalue weighted by molar-refractivity contribution is 0.622. The molecule has 0 aromatic carbocycles. The molecule has 62 valence electrons. The predicted molar refractivity (Wildman–Crippen MR) is 51.8 cm³/mol. The molecule has 0 aromatic rings. The van der Waals surface area contributed by atoms with E-state index in [4.69, 9.17) is 0 Å². The first kappa shape index (κ1) is 10.5. The van der Waals surface area contributed by atoms with Gasteiger partial charge in [0.2, 0.25) is 0 Å². The number of hydrogen-bond acceptors (Lipinski definition) is 0. The Balaban J connectivity index is 3.00. The SMILES string of the molecule is CCCCC(Br)CCCC. The van der Waals surface area contributed by atoms with Crippen molar-refractivity contribution < 1.29 is 0 Å². The summed E-state index contributed by atoms with van der Waals surface area (Å²) in [5, 5.41) is 0. The van der Waals surface area contributed by atoms with Gasteiger partial charge in [-0.1, -0.05) is 55.5 Å². The summed E-state index contributed by atoms with van der Waals surface area (Å²) in [4.78, 5) is 0.785. The van der Waals surface area contributed by atoms with Crippen LogP contribution in [0.25, 0.3) is 0 Å². The van der Waals surface area contributed by atoms with Crippen molar-refractivity contribution in [1.82, 2.24) is 0 Å². The molecule has 0 aromatic heterocycles. The van der Waals surface area contributed by atoms with Gasteiger partial charge in [-0.05, 0) is 12.8 Å². The minimum atomic E-state index is 0.785. The van der Waals surface area contributed by atoms with Crippen LogP contribution in [-0.4, -0.2) is 4.83 Å². The molecule has 1 heteroatoms. The van der Waals surface area contributed by atoms with E-state index in [0.717, 1.165) is 4.83 Å². The summed E-state index contributed by atoms with van der Waals surface area (Å²) >= 11 is 3.68. The first-order chi connectivity index (χ1) is 4.81. The van der Waals surface area contributed by atoms with E-state index in [-0.39, 0.29) is 0 Å². The van der Waals surface area contributed by atoms with Gasteiger partial charge in [0.15, 0.2) is 0 Å². The van der Waals surface area contributed by atoms with Crippen molar-refractivity contribution in [2.75, 3.05) is 0 Å². The largest absolute Gasteiger partial charge is 0.0891 e. The average molecular weight is 207 g/mol. The molecule has 0 radical (unpaired) electrons. The number of halogens is 1. The summed E-state index contributed by atoms with van der Waals surface area (Å²) < 4.78 is 0. The van der Waals surface area contributed by atoms with Crippen molar-refractivity contribution in [1.29, 1.82) is 0 Å². The third-order valence-corrected chi connectivity index (χ3v) is 2.66. The predicted octanol–water partition coefficient (Wildman–Crippen LogP) is 4.13. The second kappa shape index (κ2) is 7.59. The number of alkyl halides is 1. The van der Waals surface area contributed by atoms with Crippen LogP contribution in [0.15, 0.2) is 0 Å². The van der Waals surface area contributed by atoms with Crippen LogP contribution in [0.3, 0.4) is 0 Å². The Morgan fingerprint density at radius 3 is 1.70 bits per heavy atom. The molecule has 0 bridgehead atoms. The standard InChI is InChI=1S/C9H19Br/c1-3-5-7-9(10)8-6-4-2/h9H,3-8H2,1-2H3. The normalized spacial score (nSPS) is 10.8. The molecule has 0 aliphatic rings. The molecule has 0 spiro atoms. The zero-order valence-corrected chi connectivity index (χ0v) is 8.78. The zero-order valence-electron chi connectivity index (χ0n) is 7.20. The van der Waals surface area contributed by atoms with Gasteiger partial charge in [-0.15, -0.1) is 0 Å². The Hall–Kier alpha value is 0.480. The number of unbranched alkanes of at least 4 members (excludes halogenated alkanes) is 2. The fourth-order valence-corrected chi connectivity index (χ4v) is 1.64. The molecular weight excluding hydrogens is 188 g/mol. The van der Waals surface area contributed by atoms with Crippen LogP contribution < -0.4 is 0 Å². The van der Waals surface area contributed by atoms with Crippen molar-refractivity contribution in [2.24, 2.45) is 0 Å². The van der Waals surface area contributed by atoms with E-state index in [2.05, 4.69) is 29.8 Å². The topological polar surface area (TPSA) is 0 Å². The Labute approximate surface area is 73.5 Å². The average Bonchev–Trinajstić information content (AvgIpc) is 1.97. The molecule has 0 fully saturated rings. The summed E-state index contributed by atoms with van der Waals surface area (Å²) in [6.07, 6.45) is 8.12. The molecule has 0 aliphatic heterocycles. The molecule has 10 heavy (non-hydrogen) atoms. The summed E-state index contributed by atoms with van der Waals surface area (Å²) in [6.45, 7) is 4.50. The van der Waals surface area contributed by atoms with Crippen molar-refractivity contribution in [3.8, 4) is 0 Å². The highest BCUT2D eigenvalue weighted by Gasteiger charge is 2.00. The molecule has 0 atom stereocenters. The lowest BCUT2D eigenvalue weighted by atomic mass is 10.1. The van der Waals surface area contributed by atoms with E-state index in [0.29, 0.717) is 0 Å². The minimum absolute atomic E-state index is 0.785. The lowest BCUT2D eigenvalue weighted by Crippen LogP contribution is -1.96. The smallest absolute Gasteiger partial charge is 0.0145 e. The van der Waals surface area contributed by atoms with Crippen LogP contribution in [-0.2, 0) is 0 Å². The highest BCUT2D eigenvalue weighted by molar-refractivity contribution is 9.09. The molecule has 0 saturated carbocycles. The third kappa shape index (κ3) is 6.60. The number of rotatable bonds is 6. The van der Waals surface area contributed by atoms with E-state index >= 15 is 0 Å². The van der Waals surface area contributed by atoms with Gasteiger partial charge in [-0.2, -0.15) is 0 Å². The van der Waals surface area contributed by atoms with Gasteiger partial charge < -0.3 is 0 Å². The van der Waals surface area contributed by atoms with Crippen LogP contribution in [0.2, 0.25) is 0 Å². The van der Waals surface area contributed by atoms with Gasteiger partial charge in [0.25, 0.3) is 0 Å². The second-order valence-electron chi connectivity index (χ2n) is 2.88. The fourth-order valence-electron chi connectivity index (χ4n) is 0.996. The third-order valence-electron chi connectivity index (χ3n) is 1.74. The maximum absolute atomic E-state index is 3.68. The first-order valence-electron chi connectivity index (χ1n) is 4.45. The van der Waals surface area contributed by atoms with E-state index < -0.39 is 0 Å². The fraction of sp³-hybridized carbons (Fsp3) is 1.00. The molecule has 0 unspecified atom stereocenters. The summed E-state index contributed by atoms with van der Waals surface area (Å²) in [5.74, 6) is 0. The van der Waals surface area contributed by atoms with Gasteiger partial charge in [0.05, 0.1) is 0 Å². The Bertz CT molecular complexity index is 53.7. The molecule has 0 saturated heterocycles. The summed E-state index contributed by atoms with van der Waals surface area (Å²) in [6, 6.07) is 0. The molecule has 0 heterocycles. The maximum atomic E-state index is 3.68. The molecule has 0 aliphatic carbocycles. The van der Waals surface area contributed by atoms with Crippen molar-refractivity contribution >= 4 is 15.9 Å².